The number of hydrazine groups is 1. The number of nitrogens with two attached hydrogens (primary N) is 1. The number of nitrogens with zero attached hydrogens (tertiary/aromatic N) is 4. The Hall–Kier alpha value is -1.66. The van der Waals surface area contributed by atoms with Gasteiger partial charge in [-0.2, -0.15) is 10.2 Å². The van der Waals surface area contributed by atoms with Gasteiger partial charge < -0.3 is 0 Å². The molecule has 2 aromatic heterocycles. The summed E-state index contributed by atoms with van der Waals surface area (Å²) >= 11 is 0. The molecule has 6 nitrogen and oxygen atoms in total. The molecule has 0 aliphatic carbocycles. The van der Waals surface area contributed by atoms with Gasteiger partial charge in [-0.25, -0.2) is 0 Å². The van der Waals surface area contributed by atoms with Gasteiger partial charge in [-0.05, 0) is 18.4 Å². The predicted octanol–water partition coefficient (Wildman–Crippen LogP) is 0.463. The van der Waals surface area contributed by atoms with Crippen LogP contribution in [-0.2, 0) is 26.9 Å². The molecule has 0 spiro atoms. The number of rotatable bonds is 5. The van der Waals surface area contributed by atoms with Gasteiger partial charge in [0.25, 0.3) is 0 Å². The summed E-state index contributed by atoms with van der Waals surface area (Å²) in [7, 11) is 3.84. The molecule has 2 rings (SSSR count). The van der Waals surface area contributed by atoms with Crippen molar-refractivity contribution >= 4 is 0 Å². The maximum Gasteiger partial charge on any atom is 0.0670 e. The van der Waals surface area contributed by atoms with Crippen LogP contribution in [0.25, 0.3) is 0 Å². The van der Waals surface area contributed by atoms with Crippen LogP contribution < -0.4 is 11.3 Å². The highest BCUT2D eigenvalue weighted by Crippen LogP contribution is 2.20. The minimum absolute atomic E-state index is 0.0675. The first-order valence-electron chi connectivity index (χ1n) is 6.10. The van der Waals surface area contributed by atoms with Gasteiger partial charge in [0, 0.05) is 32.1 Å². The Bertz CT molecular complexity index is 512. The van der Waals surface area contributed by atoms with Crippen LogP contribution in [0.2, 0.25) is 0 Å². The first kappa shape index (κ1) is 12.8. The third-order valence-corrected chi connectivity index (χ3v) is 3.05. The van der Waals surface area contributed by atoms with Crippen LogP contribution in [0.15, 0.2) is 18.6 Å². The van der Waals surface area contributed by atoms with Crippen LogP contribution in [0.4, 0.5) is 0 Å². The third kappa shape index (κ3) is 2.60. The largest absolute Gasteiger partial charge is 0.276 e. The molecule has 1 unspecified atom stereocenters. The molecule has 1 atom stereocenters. The van der Waals surface area contributed by atoms with Crippen molar-refractivity contribution in [3.63, 3.8) is 0 Å². The highest BCUT2D eigenvalue weighted by Gasteiger charge is 2.17. The van der Waals surface area contributed by atoms with Gasteiger partial charge in [0.15, 0.2) is 0 Å². The fraction of sp³-hybridized carbons (Fsp3) is 0.500. The Balaban J connectivity index is 2.22. The van der Waals surface area contributed by atoms with Crippen LogP contribution in [0, 0.1) is 0 Å². The molecule has 0 saturated carbocycles. The number of hydrogen-bond donors (Lipinski definition) is 2. The van der Waals surface area contributed by atoms with E-state index in [4.69, 9.17) is 5.84 Å². The number of nitrogens with one attached hydrogen (secondary N) is 1. The van der Waals surface area contributed by atoms with Gasteiger partial charge in [-0.1, -0.05) is 6.92 Å². The second kappa shape index (κ2) is 5.32. The van der Waals surface area contributed by atoms with Crippen molar-refractivity contribution in [2.75, 3.05) is 0 Å². The van der Waals surface area contributed by atoms with Crippen molar-refractivity contribution < 1.29 is 0 Å². The van der Waals surface area contributed by atoms with E-state index in [1.54, 1.807) is 4.68 Å². The van der Waals surface area contributed by atoms with Gasteiger partial charge in [0.1, 0.15) is 0 Å². The summed E-state index contributed by atoms with van der Waals surface area (Å²) in [5.41, 5.74) is 6.28. The van der Waals surface area contributed by atoms with Crippen molar-refractivity contribution in [2.45, 2.75) is 25.8 Å². The number of aryl methyl sites for hydroxylation is 3. The average molecular weight is 248 g/mol. The van der Waals surface area contributed by atoms with Crippen molar-refractivity contribution in [3.05, 3.63) is 35.4 Å². The van der Waals surface area contributed by atoms with E-state index in [1.165, 1.54) is 0 Å². The van der Waals surface area contributed by atoms with E-state index in [1.807, 2.05) is 37.4 Å². The molecule has 0 radical (unpaired) electrons. The van der Waals surface area contributed by atoms with Crippen LogP contribution in [0.3, 0.4) is 0 Å². The average Bonchev–Trinajstić information content (AvgIpc) is 2.92. The van der Waals surface area contributed by atoms with Gasteiger partial charge in [-0.3, -0.25) is 20.6 Å². The van der Waals surface area contributed by atoms with Crippen LogP contribution in [0.1, 0.15) is 29.8 Å². The highest BCUT2D eigenvalue weighted by atomic mass is 15.3. The second-order valence-corrected chi connectivity index (χ2v) is 4.50. The van der Waals surface area contributed by atoms with E-state index in [2.05, 4.69) is 22.5 Å². The molecule has 2 aromatic rings. The molecule has 0 saturated heterocycles. The molecule has 0 amide bonds. The Morgan fingerprint density at radius 1 is 1.33 bits per heavy atom. The first-order chi connectivity index (χ1) is 8.63. The molecule has 0 aliphatic heterocycles. The van der Waals surface area contributed by atoms with E-state index >= 15 is 0 Å². The van der Waals surface area contributed by atoms with E-state index in [9.17, 15) is 0 Å². The molecule has 18 heavy (non-hydrogen) atoms. The van der Waals surface area contributed by atoms with Crippen LogP contribution in [0.5, 0.6) is 0 Å². The fourth-order valence-corrected chi connectivity index (χ4v) is 2.19. The summed E-state index contributed by atoms with van der Waals surface area (Å²) in [6.07, 6.45) is 7.61. The Labute approximate surface area is 107 Å². The van der Waals surface area contributed by atoms with Crippen LogP contribution >= 0.6 is 0 Å². The van der Waals surface area contributed by atoms with E-state index < -0.39 is 0 Å². The molecule has 98 valence electrons. The molecule has 2 heterocycles. The quantitative estimate of drug-likeness (QED) is 0.595. The van der Waals surface area contributed by atoms with Crippen molar-refractivity contribution in [1.82, 2.24) is 25.0 Å². The minimum atomic E-state index is 0.0675. The standard InChI is InChI=1S/C12H20N6/c1-4-11-10(8-18(3)16-11)12(15-13)5-9-6-14-17(2)7-9/h6-8,12,15H,4-5,13H2,1-3H3. The topological polar surface area (TPSA) is 73.7 Å². The smallest absolute Gasteiger partial charge is 0.0670 e. The maximum atomic E-state index is 5.68. The Kier molecular flexibility index (Phi) is 3.78. The Morgan fingerprint density at radius 2 is 2.11 bits per heavy atom. The van der Waals surface area contributed by atoms with Crippen molar-refractivity contribution in [2.24, 2.45) is 19.9 Å². The predicted molar refractivity (Wildman–Crippen MR) is 69.6 cm³/mol. The van der Waals surface area contributed by atoms with Crippen molar-refractivity contribution in [3.8, 4) is 0 Å². The SMILES string of the molecule is CCc1nn(C)cc1C(Cc1cnn(C)c1)NN. The van der Waals surface area contributed by atoms with Gasteiger partial charge in [-0.15, -0.1) is 0 Å². The summed E-state index contributed by atoms with van der Waals surface area (Å²) in [5.74, 6) is 5.68. The van der Waals surface area contributed by atoms with E-state index in [0.29, 0.717) is 0 Å². The number of aromatic nitrogens is 4. The van der Waals surface area contributed by atoms with Crippen LogP contribution in [-0.4, -0.2) is 19.6 Å². The fourth-order valence-electron chi connectivity index (χ4n) is 2.19. The monoisotopic (exact) mass is 248 g/mol. The minimum Gasteiger partial charge on any atom is -0.276 e. The summed E-state index contributed by atoms with van der Waals surface area (Å²) in [5, 5.41) is 8.62. The summed E-state index contributed by atoms with van der Waals surface area (Å²) in [4.78, 5) is 0. The Morgan fingerprint density at radius 3 is 2.67 bits per heavy atom. The zero-order chi connectivity index (χ0) is 13.1. The molecule has 0 aromatic carbocycles. The second-order valence-electron chi connectivity index (χ2n) is 4.50. The zero-order valence-electron chi connectivity index (χ0n) is 11.1. The lowest BCUT2D eigenvalue weighted by atomic mass is 10.0. The maximum absolute atomic E-state index is 5.68. The highest BCUT2D eigenvalue weighted by molar-refractivity contribution is 5.23. The normalized spacial score (nSPS) is 12.9. The molecule has 6 heteroatoms. The molecule has 0 aliphatic rings. The molecular formula is C12H20N6. The first-order valence-corrected chi connectivity index (χ1v) is 6.10. The molecule has 3 N–H and O–H groups in total. The number of hydrogen-bond acceptors (Lipinski definition) is 4. The zero-order valence-corrected chi connectivity index (χ0v) is 11.1. The molecule has 0 fully saturated rings. The van der Waals surface area contributed by atoms with Gasteiger partial charge in [0.05, 0.1) is 17.9 Å². The summed E-state index contributed by atoms with van der Waals surface area (Å²) in [6, 6.07) is 0.0675. The summed E-state index contributed by atoms with van der Waals surface area (Å²) in [6.45, 7) is 2.10. The molecule has 0 bridgehead atoms. The van der Waals surface area contributed by atoms with Gasteiger partial charge >= 0.3 is 0 Å². The van der Waals surface area contributed by atoms with E-state index in [-0.39, 0.29) is 6.04 Å². The van der Waals surface area contributed by atoms with Gasteiger partial charge in [0.2, 0.25) is 0 Å². The summed E-state index contributed by atoms with van der Waals surface area (Å²) < 4.78 is 3.63. The lowest BCUT2D eigenvalue weighted by Crippen LogP contribution is -2.30. The third-order valence-electron chi connectivity index (χ3n) is 3.05. The van der Waals surface area contributed by atoms with E-state index in [0.717, 1.165) is 29.7 Å². The lowest BCUT2D eigenvalue weighted by molar-refractivity contribution is 0.547. The van der Waals surface area contributed by atoms with Crippen molar-refractivity contribution in [1.29, 1.82) is 0 Å². The molecular weight excluding hydrogens is 228 g/mol. The lowest BCUT2D eigenvalue weighted by Gasteiger charge is -2.14.